The van der Waals surface area contributed by atoms with Gasteiger partial charge in [0, 0.05) is 6.42 Å². The van der Waals surface area contributed by atoms with Crippen LogP contribution >= 0.6 is 0 Å². The fourth-order valence-corrected chi connectivity index (χ4v) is 2.60. The summed E-state index contributed by atoms with van der Waals surface area (Å²) < 4.78 is 0. The topological polar surface area (TPSA) is 37.3 Å². The summed E-state index contributed by atoms with van der Waals surface area (Å²) in [6, 6.07) is 4.65. The van der Waals surface area contributed by atoms with E-state index in [-0.39, 0.29) is 6.42 Å². The maximum absolute atomic E-state index is 10.5. The minimum Gasteiger partial charge on any atom is -0.481 e. The van der Waals surface area contributed by atoms with Crippen molar-refractivity contribution in [2.45, 2.75) is 65.7 Å². The number of carboxylic acid groups (broad SMARTS) is 1. The van der Waals surface area contributed by atoms with Crippen LogP contribution in [-0.4, -0.2) is 11.1 Å². The van der Waals surface area contributed by atoms with E-state index in [2.05, 4.69) is 32.9 Å². The molecule has 0 heterocycles. The predicted octanol–water partition coefficient (Wildman–Crippen LogP) is 4.17. The molecule has 0 bridgehead atoms. The van der Waals surface area contributed by atoms with Gasteiger partial charge in [0.25, 0.3) is 0 Å². The molecule has 1 aromatic carbocycles. The van der Waals surface area contributed by atoms with Gasteiger partial charge in [0.15, 0.2) is 0 Å². The van der Waals surface area contributed by atoms with Crippen LogP contribution in [0.15, 0.2) is 12.1 Å². The third-order valence-corrected chi connectivity index (χ3v) is 3.73. The Morgan fingerprint density at radius 3 is 2.00 bits per heavy atom. The summed E-state index contributed by atoms with van der Waals surface area (Å²) in [7, 11) is 0. The van der Waals surface area contributed by atoms with Gasteiger partial charge >= 0.3 is 5.97 Å². The Labute approximate surface area is 116 Å². The SMILES string of the molecule is CCc1cc(CC)c(CCCCC(=O)O)c(CC)c1. The molecule has 0 saturated heterocycles. The Morgan fingerprint density at radius 2 is 1.58 bits per heavy atom. The third-order valence-electron chi connectivity index (χ3n) is 3.73. The molecule has 0 aliphatic rings. The second-order valence-electron chi connectivity index (χ2n) is 5.05. The lowest BCUT2D eigenvalue weighted by Gasteiger charge is -2.15. The van der Waals surface area contributed by atoms with Gasteiger partial charge in [0.2, 0.25) is 0 Å². The van der Waals surface area contributed by atoms with Gasteiger partial charge in [-0.2, -0.15) is 0 Å². The van der Waals surface area contributed by atoms with Crippen LogP contribution in [0.25, 0.3) is 0 Å². The number of carboxylic acids is 1. The Kier molecular flexibility index (Phi) is 6.61. The van der Waals surface area contributed by atoms with E-state index < -0.39 is 5.97 Å². The number of carbonyl (C=O) groups is 1. The van der Waals surface area contributed by atoms with Crippen molar-refractivity contribution in [1.29, 1.82) is 0 Å². The molecule has 0 atom stereocenters. The minimum atomic E-state index is -0.687. The normalized spacial score (nSPS) is 10.7. The van der Waals surface area contributed by atoms with Gasteiger partial charge in [0.1, 0.15) is 0 Å². The van der Waals surface area contributed by atoms with Crippen LogP contribution in [0.3, 0.4) is 0 Å². The van der Waals surface area contributed by atoms with Crippen molar-refractivity contribution in [3.63, 3.8) is 0 Å². The summed E-state index contributed by atoms with van der Waals surface area (Å²) in [6.45, 7) is 6.60. The van der Waals surface area contributed by atoms with Crippen LogP contribution in [0.4, 0.5) is 0 Å². The Balaban J connectivity index is 2.82. The van der Waals surface area contributed by atoms with E-state index in [1.54, 1.807) is 0 Å². The van der Waals surface area contributed by atoms with Crippen LogP contribution in [0.2, 0.25) is 0 Å². The highest BCUT2D eigenvalue weighted by Gasteiger charge is 2.09. The molecule has 0 aromatic heterocycles. The first-order valence-corrected chi connectivity index (χ1v) is 7.47. The van der Waals surface area contributed by atoms with Crippen molar-refractivity contribution >= 4 is 5.97 Å². The largest absolute Gasteiger partial charge is 0.481 e. The van der Waals surface area contributed by atoms with Crippen molar-refractivity contribution < 1.29 is 9.90 Å². The molecule has 0 amide bonds. The number of aliphatic carboxylic acids is 1. The first-order valence-electron chi connectivity index (χ1n) is 7.47. The zero-order chi connectivity index (χ0) is 14.3. The first kappa shape index (κ1) is 15.7. The lowest BCUT2D eigenvalue weighted by molar-refractivity contribution is -0.137. The Hall–Kier alpha value is -1.31. The minimum absolute atomic E-state index is 0.288. The maximum atomic E-state index is 10.5. The van der Waals surface area contributed by atoms with E-state index in [1.165, 1.54) is 22.3 Å². The van der Waals surface area contributed by atoms with Crippen LogP contribution in [-0.2, 0) is 30.5 Å². The smallest absolute Gasteiger partial charge is 0.303 e. The molecule has 2 heteroatoms. The average molecular weight is 262 g/mol. The Morgan fingerprint density at radius 1 is 1.00 bits per heavy atom. The monoisotopic (exact) mass is 262 g/mol. The molecule has 0 saturated carbocycles. The van der Waals surface area contributed by atoms with Gasteiger partial charge < -0.3 is 5.11 Å². The summed E-state index contributed by atoms with van der Waals surface area (Å²) in [4.78, 5) is 10.5. The number of hydrogen-bond donors (Lipinski definition) is 1. The molecule has 0 aliphatic heterocycles. The number of hydrogen-bond acceptors (Lipinski definition) is 1. The van der Waals surface area contributed by atoms with Gasteiger partial charge in [-0.1, -0.05) is 32.9 Å². The standard InChI is InChI=1S/C17H26O2/c1-4-13-11-14(5-2)16(15(6-3)12-13)9-7-8-10-17(18)19/h11-12H,4-10H2,1-3H3,(H,18,19). The van der Waals surface area contributed by atoms with E-state index in [0.717, 1.165) is 38.5 Å². The van der Waals surface area contributed by atoms with Crippen LogP contribution < -0.4 is 0 Å². The molecular formula is C17H26O2. The molecule has 0 aliphatic carbocycles. The molecular weight excluding hydrogens is 236 g/mol. The molecule has 0 radical (unpaired) electrons. The average Bonchev–Trinajstić information content (AvgIpc) is 2.42. The van der Waals surface area contributed by atoms with Crippen molar-refractivity contribution in [2.75, 3.05) is 0 Å². The van der Waals surface area contributed by atoms with Crippen molar-refractivity contribution in [2.24, 2.45) is 0 Å². The first-order chi connectivity index (χ1) is 9.12. The van der Waals surface area contributed by atoms with Gasteiger partial charge in [-0.3, -0.25) is 4.79 Å². The van der Waals surface area contributed by atoms with Crippen molar-refractivity contribution in [1.82, 2.24) is 0 Å². The van der Waals surface area contributed by atoms with E-state index in [1.807, 2.05) is 0 Å². The van der Waals surface area contributed by atoms with E-state index in [9.17, 15) is 4.79 Å². The third kappa shape index (κ3) is 4.70. The quantitative estimate of drug-likeness (QED) is 0.714. The van der Waals surface area contributed by atoms with E-state index in [4.69, 9.17) is 5.11 Å². The van der Waals surface area contributed by atoms with E-state index in [0.29, 0.717) is 0 Å². The molecule has 0 unspecified atom stereocenters. The highest BCUT2D eigenvalue weighted by molar-refractivity contribution is 5.66. The molecule has 0 fully saturated rings. The molecule has 2 nitrogen and oxygen atoms in total. The van der Waals surface area contributed by atoms with Crippen LogP contribution in [0.1, 0.15) is 62.3 Å². The van der Waals surface area contributed by atoms with Gasteiger partial charge in [0.05, 0.1) is 0 Å². The highest BCUT2D eigenvalue weighted by atomic mass is 16.4. The lowest BCUT2D eigenvalue weighted by Crippen LogP contribution is -2.02. The summed E-state index contributed by atoms with van der Waals surface area (Å²) in [5.74, 6) is -0.687. The second-order valence-corrected chi connectivity index (χ2v) is 5.05. The van der Waals surface area contributed by atoms with Crippen molar-refractivity contribution in [3.8, 4) is 0 Å². The zero-order valence-electron chi connectivity index (χ0n) is 12.5. The van der Waals surface area contributed by atoms with Crippen LogP contribution in [0, 0.1) is 0 Å². The number of aryl methyl sites for hydroxylation is 3. The molecule has 1 N–H and O–H groups in total. The maximum Gasteiger partial charge on any atom is 0.303 e. The lowest BCUT2D eigenvalue weighted by atomic mass is 9.90. The number of unbranched alkanes of at least 4 members (excludes halogenated alkanes) is 1. The van der Waals surface area contributed by atoms with Gasteiger partial charge in [-0.25, -0.2) is 0 Å². The van der Waals surface area contributed by atoms with Gasteiger partial charge in [-0.05, 0) is 60.8 Å². The van der Waals surface area contributed by atoms with Crippen molar-refractivity contribution in [3.05, 3.63) is 34.4 Å². The molecule has 106 valence electrons. The Bertz CT molecular complexity index is 396. The summed E-state index contributed by atoms with van der Waals surface area (Å²) >= 11 is 0. The highest BCUT2D eigenvalue weighted by Crippen LogP contribution is 2.22. The fraction of sp³-hybridized carbons (Fsp3) is 0.588. The van der Waals surface area contributed by atoms with E-state index >= 15 is 0 Å². The number of rotatable bonds is 8. The summed E-state index contributed by atoms with van der Waals surface area (Å²) in [5, 5.41) is 8.68. The number of benzene rings is 1. The predicted molar refractivity (Wildman–Crippen MR) is 79.8 cm³/mol. The summed E-state index contributed by atoms with van der Waals surface area (Å²) in [5.41, 5.74) is 5.79. The fourth-order valence-electron chi connectivity index (χ4n) is 2.60. The molecule has 0 spiro atoms. The molecule has 19 heavy (non-hydrogen) atoms. The van der Waals surface area contributed by atoms with Gasteiger partial charge in [-0.15, -0.1) is 0 Å². The zero-order valence-corrected chi connectivity index (χ0v) is 12.5. The van der Waals surface area contributed by atoms with Crippen LogP contribution in [0.5, 0.6) is 0 Å². The molecule has 1 aromatic rings. The summed E-state index contributed by atoms with van der Waals surface area (Å²) in [6.07, 6.45) is 6.26. The second kappa shape index (κ2) is 7.98. The molecule has 1 rings (SSSR count).